The molecule has 2 aliphatic rings. The Morgan fingerprint density at radius 2 is 1.65 bits per heavy atom. The normalized spacial score (nSPS) is 23.8. The zero-order chi connectivity index (χ0) is 26.6. The van der Waals surface area contributed by atoms with Gasteiger partial charge in [0.05, 0.1) is 29.4 Å². The molecule has 198 valence electrons. The summed E-state index contributed by atoms with van der Waals surface area (Å²) in [5.41, 5.74) is -1.90. The number of anilines is 1. The van der Waals surface area contributed by atoms with Crippen LogP contribution in [0.3, 0.4) is 0 Å². The lowest BCUT2D eigenvalue weighted by Crippen LogP contribution is -2.34. The fourth-order valence-electron chi connectivity index (χ4n) is 5.34. The van der Waals surface area contributed by atoms with Gasteiger partial charge in [-0.05, 0) is 35.7 Å². The molecule has 3 atom stereocenters. The first-order chi connectivity index (χ1) is 17.4. The van der Waals surface area contributed by atoms with Crippen molar-refractivity contribution >= 4 is 5.82 Å². The zero-order valence-corrected chi connectivity index (χ0v) is 20.1. The predicted molar refractivity (Wildman–Crippen MR) is 122 cm³/mol. The molecule has 1 aromatic heterocycles. The molecule has 2 heterocycles. The van der Waals surface area contributed by atoms with Crippen LogP contribution in [0, 0.1) is 5.92 Å². The van der Waals surface area contributed by atoms with Crippen LogP contribution in [0.4, 0.5) is 32.2 Å². The van der Waals surface area contributed by atoms with Crippen LogP contribution in [0.15, 0.2) is 48.5 Å². The summed E-state index contributed by atoms with van der Waals surface area (Å²) >= 11 is 0. The lowest BCUT2D eigenvalue weighted by atomic mass is 9.99. The monoisotopic (exact) mass is 525 g/mol. The molecule has 1 saturated heterocycles. The molecule has 1 aliphatic heterocycles. The maximum atomic E-state index is 13.3. The van der Waals surface area contributed by atoms with Crippen molar-refractivity contribution in [2.24, 2.45) is 5.92 Å². The van der Waals surface area contributed by atoms with Crippen LogP contribution >= 0.6 is 0 Å². The van der Waals surface area contributed by atoms with Gasteiger partial charge in [0.2, 0.25) is 0 Å². The van der Waals surface area contributed by atoms with Crippen LogP contribution in [0.25, 0.3) is 0 Å². The Morgan fingerprint density at radius 3 is 2.24 bits per heavy atom. The topological polar surface area (TPSA) is 57.3 Å². The van der Waals surface area contributed by atoms with E-state index in [9.17, 15) is 26.3 Å². The number of aromatic nitrogens is 3. The van der Waals surface area contributed by atoms with E-state index in [1.807, 2.05) is 49.3 Å². The van der Waals surface area contributed by atoms with E-state index in [2.05, 4.69) is 20.3 Å². The molecular formula is C25H25F6N5O. The van der Waals surface area contributed by atoms with Crippen LogP contribution in [0.5, 0.6) is 0 Å². The summed E-state index contributed by atoms with van der Waals surface area (Å²) in [4.78, 5) is 4.02. The number of ether oxygens (including phenoxy) is 1. The summed E-state index contributed by atoms with van der Waals surface area (Å²) in [7, 11) is 3.71. The van der Waals surface area contributed by atoms with Crippen molar-refractivity contribution in [1.29, 1.82) is 0 Å². The largest absolute Gasteiger partial charge is 0.416 e. The van der Waals surface area contributed by atoms with E-state index in [-0.39, 0.29) is 30.2 Å². The van der Waals surface area contributed by atoms with Crippen LogP contribution in [0.1, 0.15) is 40.4 Å². The van der Waals surface area contributed by atoms with Gasteiger partial charge in [0, 0.05) is 33.1 Å². The van der Waals surface area contributed by atoms with Crippen molar-refractivity contribution in [3.8, 4) is 0 Å². The molecule has 2 fully saturated rings. The van der Waals surface area contributed by atoms with Crippen molar-refractivity contribution in [2.75, 3.05) is 25.5 Å². The fraction of sp³-hybridized carbons (Fsp3) is 0.440. The second kappa shape index (κ2) is 9.02. The number of hydrogen-bond donors (Lipinski definition) is 1. The molecule has 0 amide bonds. The molecule has 5 rings (SSSR count). The van der Waals surface area contributed by atoms with Gasteiger partial charge in [0.25, 0.3) is 0 Å². The molecule has 0 bridgehead atoms. The third-order valence-corrected chi connectivity index (χ3v) is 7.03. The Hall–Kier alpha value is -3.12. The maximum Gasteiger partial charge on any atom is 0.416 e. The summed E-state index contributed by atoms with van der Waals surface area (Å²) in [6, 6.07) is 10.9. The number of aromatic amines is 1. The average molecular weight is 525 g/mol. The van der Waals surface area contributed by atoms with E-state index in [0.717, 1.165) is 23.4 Å². The minimum Gasteiger partial charge on any atom is -0.368 e. The number of H-pyrrole nitrogens is 1. The highest BCUT2D eigenvalue weighted by molar-refractivity contribution is 5.41. The van der Waals surface area contributed by atoms with E-state index in [0.29, 0.717) is 25.3 Å². The van der Waals surface area contributed by atoms with Crippen LogP contribution in [-0.4, -0.2) is 46.6 Å². The number of likely N-dealkylation sites (tertiary alicyclic amines) is 1. The number of hydrogen-bond acceptors (Lipinski definition) is 5. The van der Waals surface area contributed by atoms with Gasteiger partial charge < -0.3 is 9.64 Å². The average Bonchev–Trinajstić information content (AvgIpc) is 3.17. The van der Waals surface area contributed by atoms with Gasteiger partial charge in [-0.1, -0.05) is 30.3 Å². The smallest absolute Gasteiger partial charge is 0.368 e. The molecule has 1 N–H and O–H groups in total. The van der Waals surface area contributed by atoms with E-state index in [1.54, 1.807) is 0 Å². The van der Waals surface area contributed by atoms with Crippen LogP contribution < -0.4 is 4.90 Å². The summed E-state index contributed by atoms with van der Waals surface area (Å²) in [6.07, 6.45) is -9.16. The first kappa shape index (κ1) is 25.5. The first-order valence-electron chi connectivity index (χ1n) is 11.7. The molecule has 3 aromatic rings. The molecule has 0 unspecified atom stereocenters. The molecule has 37 heavy (non-hydrogen) atoms. The van der Waals surface area contributed by atoms with E-state index in [4.69, 9.17) is 4.74 Å². The summed E-state index contributed by atoms with van der Waals surface area (Å²) in [5.74, 6) is 0.770. The number of piperidine rings is 1. The highest BCUT2D eigenvalue weighted by atomic mass is 19.4. The van der Waals surface area contributed by atoms with Crippen molar-refractivity contribution in [3.05, 3.63) is 76.5 Å². The van der Waals surface area contributed by atoms with Crippen molar-refractivity contribution < 1.29 is 31.1 Å². The Bertz CT molecular complexity index is 1230. The number of alkyl halides is 6. The predicted octanol–water partition coefficient (Wildman–Crippen LogP) is 5.44. The van der Waals surface area contributed by atoms with E-state index < -0.39 is 29.1 Å². The lowest BCUT2D eigenvalue weighted by molar-refractivity contribution is -0.143. The van der Waals surface area contributed by atoms with Gasteiger partial charge in [-0.2, -0.15) is 36.7 Å². The number of fused-ring (bicyclic) bond motifs is 1. The van der Waals surface area contributed by atoms with Crippen LogP contribution in [-0.2, 0) is 30.2 Å². The summed E-state index contributed by atoms with van der Waals surface area (Å²) in [6.45, 7) is 0.732. The Kier molecular flexibility index (Phi) is 6.22. The molecular weight excluding hydrogens is 500 g/mol. The Labute approximate surface area is 209 Å². The summed E-state index contributed by atoms with van der Waals surface area (Å²) in [5, 5.41) is 11.1. The minimum absolute atomic E-state index is 0.0836. The third-order valence-electron chi connectivity index (χ3n) is 7.03. The minimum atomic E-state index is -4.91. The number of rotatable bonds is 7. The number of nitrogens with zero attached hydrogens (tertiary/aromatic N) is 4. The second-order valence-corrected chi connectivity index (χ2v) is 9.79. The van der Waals surface area contributed by atoms with Gasteiger partial charge in [-0.25, -0.2) is 0 Å². The van der Waals surface area contributed by atoms with Gasteiger partial charge in [-0.15, -0.1) is 5.10 Å². The number of nitrogens with one attached hydrogen (secondary N) is 1. The first-order valence-corrected chi connectivity index (χ1v) is 11.7. The molecule has 1 saturated carbocycles. The second-order valence-electron chi connectivity index (χ2n) is 9.79. The molecule has 1 aliphatic carbocycles. The van der Waals surface area contributed by atoms with Gasteiger partial charge in [-0.3, -0.25) is 4.90 Å². The standard InChI is InChI=1S/C25H25F6N5O/c1-35(2)22-20(32-34-33-22)13-36-12-19-11-23(19,21(36)16-6-4-3-5-7-16)37-14-15-8-17(24(26,27)28)10-18(9-15)25(29,30)31/h3-10,19,21H,11-14H2,1-2H3,(H,32,33,34)/t19-,21+,23+/m1/s1. The van der Waals surface area contributed by atoms with Gasteiger partial charge in [0.15, 0.2) is 5.82 Å². The molecule has 0 spiro atoms. The highest BCUT2D eigenvalue weighted by Gasteiger charge is 2.67. The zero-order valence-electron chi connectivity index (χ0n) is 20.1. The molecule has 2 aromatic carbocycles. The molecule has 0 radical (unpaired) electrons. The number of benzene rings is 2. The van der Waals surface area contributed by atoms with Crippen molar-refractivity contribution in [1.82, 2.24) is 20.3 Å². The van der Waals surface area contributed by atoms with E-state index >= 15 is 0 Å². The molecule has 12 heteroatoms. The molecule has 6 nitrogen and oxygen atoms in total. The number of halogens is 6. The Morgan fingerprint density at radius 1 is 1.00 bits per heavy atom. The maximum absolute atomic E-state index is 13.3. The lowest BCUT2D eigenvalue weighted by Gasteiger charge is -2.32. The van der Waals surface area contributed by atoms with Crippen molar-refractivity contribution in [2.45, 2.75) is 43.6 Å². The van der Waals surface area contributed by atoms with Gasteiger partial charge >= 0.3 is 12.4 Å². The van der Waals surface area contributed by atoms with E-state index in [1.165, 1.54) is 0 Å². The van der Waals surface area contributed by atoms with Gasteiger partial charge in [0.1, 0.15) is 5.69 Å². The highest BCUT2D eigenvalue weighted by Crippen LogP contribution is 2.63. The summed E-state index contributed by atoms with van der Waals surface area (Å²) < 4.78 is 86.2. The fourth-order valence-corrected chi connectivity index (χ4v) is 5.34. The quantitative estimate of drug-likeness (QED) is 0.417. The van der Waals surface area contributed by atoms with Crippen LogP contribution in [0.2, 0.25) is 0 Å². The van der Waals surface area contributed by atoms with Crippen molar-refractivity contribution in [3.63, 3.8) is 0 Å². The third kappa shape index (κ3) is 4.91. The Balaban J connectivity index is 1.43. The SMILES string of the molecule is CN(C)c1n[nH]nc1CN1C[C@H]2C[C@@]2(OCc2cc(C(F)(F)F)cc(C(F)(F)F)c2)[C@@H]1c1ccccc1.